The number of nitrogens with one attached hydrogen (secondary N) is 2. The summed E-state index contributed by atoms with van der Waals surface area (Å²) in [5.41, 5.74) is -0.227. The Morgan fingerprint density at radius 2 is 1.64 bits per heavy atom. The van der Waals surface area contributed by atoms with Crippen LogP contribution in [0.4, 0.5) is 33.7 Å². The average molecular weight is 499 g/mol. The lowest BCUT2D eigenvalue weighted by Gasteiger charge is -2.14. The summed E-state index contributed by atoms with van der Waals surface area (Å²) >= 11 is 0. The Labute approximate surface area is 203 Å². The number of aromatic nitrogens is 1. The number of ether oxygens (including phenoxy) is 2. The standard InChI is InChI=1S/C26H21F4N3O3/c1-3-15-4-5-18(11-21(15)26(28,29)30)33-25(34)32-17-6-8-19(9-7-17)36-24-14-31-13-16-10-22(27)23(35-2)12-20(16)24/h4-14H,3H2,1-2H3,(H2,32,33,34). The van der Waals surface area contributed by atoms with Crippen molar-refractivity contribution in [3.63, 3.8) is 0 Å². The van der Waals surface area contributed by atoms with E-state index in [0.717, 1.165) is 6.07 Å². The summed E-state index contributed by atoms with van der Waals surface area (Å²) in [5, 5.41) is 6.10. The van der Waals surface area contributed by atoms with E-state index in [4.69, 9.17) is 9.47 Å². The molecule has 0 bridgehead atoms. The molecule has 36 heavy (non-hydrogen) atoms. The van der Waals surface area contributed by atoms with Crippen LogP contribution in [0.5, 0.6) is 17.2 Å². The van der Waals surface area contributed by atoms with Gasteiger partial charge in [-0.3, -0.25) is 4.98 Å². The number of fused-ring (bicyclic) bond motifs is 1. The van der Waals surface area contributed by atoms with Gasteiger partial charge in [0.25, 0.3) is 0 Å². The summed E-state index contributed by atoms with van der Waals surface area (Å²) in [7, 11) is 1.36. The van der Waals surface area contributed by atoms with E-state index in [1.807, 2.05) is 0 Å². The molecule has 1 heterocycles. The molecule has 0 saturated heterocycles. The molecule has 6 nitrogen and oxygen atoms in total. The highest BCUT2D eigenvalue weighted by Gasteiger charge is 2.33. The maximum atomic E-state index is 14.0. The molecule has 1 aromatic heterocycles. The number of amides is 2. The fraction of sp³-hybridized carbons (Fsp3) is 0.154. The predicted molar refractivity (Wildman–Crippen MR) is 128 cm³/mol. The zero-order valence-corrected chi connectivity index (χ0v) is 19.2. The van der Waals surface area contributed by atoms with Crippen LogP contribution in [0.2, 0.25) is 0 Å². The van der Waals surface area contributed by atoms with Crippen molar-refractivity contribution in [2.45, 2.75) is 19.5 Å². The van der Waals surface area contributed by atoms with E-state index in [2.05, 4.69) is 15.6 Å². The minimum atomic E-state index is -4.52. The van der Waals surface area contributed by atoms with Gasteiger partial charge in [-0.1, -0.05) is 13.0 Å². The Bertz CT molecular complexity index is 1410. The second-order valence-corrected chi connectivity index (χ2v) is 7.77. The van der Waals surface area contributed by atoms with E-state index in [-0.39, 0.29) is 23.4 Å². The number of methoxy groups -OCH3 is 1. The molecular formula is C26H21F4N3O3. The largest absolute Gasteiger partial charge is 0.494 e. The first-order chi connectivity index (χ1) is 17.2. The van der Waals surface area contributed by atoms with Crippen LogP contribution in [0.1, 0.15) is 18.1 Å². The number of hydrogen-bond donors (Lipinski definition) is 2. The number of rotatable bonds is 6. The van der Waals surface area contributed by atoms with Gasteiger partial charge in [0, 0.05) is 28.3 Å². The summed E-state index contributed by atoms with van der Waals surface area (Å²) in [5.74, 6) is 0.341. The Hall–Kier alpha value is -4.34. The maximum Gasteiger partial charge on any atom is 0.416 e. The molecule has 2 N–H and O–H groups in total. The molecule has 2 amide bonds. The average Bonchev–Trinajstić information content (AvgIpc) is 2.84. The Kier molecular flexibility index (Phi) is 6.96. The Balaban J connectivity index is 1.45. The number of aryl methyl sites for hydroxylation is 1. The Morgan fingerprint density at radius 3 is 2.31 bits per heavy atom. The molecule has 4 rings (SSSR count). The van der Waals surface area contributed by atoms with E-state index >= 15 is 0 Å². The molecular weight excluding hydrogens is 478 g/mol. The summed E-state index contributed by atoms with van der Waals surface area (Å²) in [6, 6.07) is 12.1. The van der Waals surface area contributed by atoms with Gasteiger partial charge in [0.2, 0.25) is 0 Å². The molecule has 0 spiro atoms. The predicted octanol–water partition coefficient (Wildman–Crippen LogP) is 7.40. The minimum Gasteiger partial charge on any atom is -0.494 e. The Morgan fingerprint density at radius 1 is 0.944 bits per heavy atom. The number of carbonyl (C=O) groups excluding carboxylic acids is 1. The fourth-order valence-corrected chi connectivity index (χ4v) is 3.63. The first-order valence-electron chi connectivity index (χ1n) is 10.8. The topological polar surface area (TPSA) is 72.5 Å². The van der Waals surface area contributed by atoms with Crippen LogP contribution in [-0.2, 0) is 12.6 Å². The maximum absolute atomic E-state index is 14.0. The van der Waals surface area contributed by atoms with Crippen LogP contribution in [0.25, 0.3) is 10.8 Å². The minimum absolute atomic E-state index is 0.0206. The molecule has 3 aromatic carbocycles. The number of hydrogen-bond acceptors (Lipinski definition) is 4. The molecule has 0 aliphatic rings. The quantitative estimate of drug-likeness (QED) is 0.271. The first kappa shape index (κ1) is 24.8. The molecule has 0 radical (unpaired) electrons. The molecule has 0 unspecified atom stereocenters. The van der Waals surface area contributed by atoms with Gasteiger partial charge in [-0.15, -0.1) is 0 Å². The van der Waals surface area contributed by atoms with Gasteiger partial charge in [-0.25, -0.2) is 9.18 Å². The normalized spacial score (nSPS) is 11.3. The van der Waals surface area contributed by atoms with E-state index < -0.39 is 23.6 Å². The second-order valence-electron chi connectivity index (χ2n) is 7.77. The molecule has 0 atom stereocenters. The van der Waals surface area contributed by atoms with Crippen LogP contribution in [0, 0.1) is 5.82 Å². The highest BCUT2D eigenvalue weighted by Crippen LogP contribution is 2.35. The van der Waals surface area contributed by atoms with Gasteiger partial charge in [-0.05, 0) is 60.5 Å². The van der Waals surface area contributed by atoms with E-state index in [0.29, 0.717) is 28.0 Å². The fourth-order valence-electron chi connectivity index (χ4n) is 3.63. The van der Waals surface area contributed by atoms with Crippen LogP contribution in [0.15, 0.2) is 67.0 Å². The van der Waals surface area contributed by atoms with Gasteiger partial charge in [0.15, 0.2) is 17.3 Å². The van der Waals surface area contributed by atoms with Gasteiger partial charge in [0.1, 0.15) is 5.75 Å². The van der Waals surface area contributed by atoms with Crippen molar-refractivity contribution < 1.29 is 31.8 Å². The molecule has 0 aliphatic carbocycles. The molecule has 10 heteroatoms. The number of nitrogens with zero attached hydrogens (tertiary/aromatic N) is 1. The molecule has 4 aromatic rings. The van der Waals surface area contributed by atoms with Crippen LogP contribution in [0.3, 0.4) is 0 Å². The molecule has 186 valence electrons. The molecule has 0 fully saturated rings. The van der Waals surface area contributed by atoms with E-state index in [9.17, 15) is 22.4 Å². The number of urea groups is 1. The van der Waals surface area contributed by atoms with Crippen LogP contribution in [-0.4, -0.2) is 18.1 Å². The third-order valence-electron chi connectivity index (χ3n) is 5.39. The number of carbonyl (C=O) groups is 1. The van der Waals surface area contributed by atoms with Crippen molar-refractivity contribution >= 4 is 28.2 Å². The van der Waals surface area contributed by atoms with Crippen molar-refractivity contribution in [2.24, 2.45) is 0 Å². The molecule has 0 saturated carbocycles. The number of benzene rings is 3. The van der Waals surface area contributed by atoms with Crippen molar-refractivity contribution in [3.05, 3.63) is 83.9 Å². The van der Waals surface area contributed by atoms with Gasteiger partial charge in [0.05, 0.1) is 18.9 Å². The van der Waals surface area contributed by atoms with Crippen molar-refractivity contribution in [1.29, 1.82) is 0 Å². The summed E-state index contributed by atoms with van der Waals surface area (Å²) in [6.45, 7) is 1.63. The highest BCUT2D eigenvalue weighted by molar-refractivity contribution is 5.99. The zero-order chi connectivity index (χ0) is 25.9. The van der Waals surface area contributed by atoms with Crippen LogP contribution < -0.4 is 20.1 Å². The number of halogens is 4. The van der Waals surface area contributed by atoms with Gasteiger partial charge in [-0.2, -0.15) is 13.2 Å². The van der Waals surface area contributed by atoms with Gasteiger partial charge >= 0.3 is 12.2 Å². The highest BCUT2D eigenvalue weighted by atomic mass is 19.4. The third-order valence-corrected chi connectivity index (χ3v) is 5.39. The lowest BCUT2D eigenvalue weighted by molar-refractivity contribution is -0.138. The summed E-state index contributed by atoms with van der Waals surface area (Å²) in [6.07, 6.45) is -1.31. The second kappa shape index (κ2) is 10.1. The first-order valence-corrected chi connectivity index (χ1v) is 10.8. The van der Waals surface area contributed by atoms with Crippen molar-refractivity contribution in [2.75, 3.05) is 17.7 Å². The zero-order valence-electron chi connectivity index (χ0n) is 19.2. The van der Waals surface area contributed by atoms with Gasteiger partial charge < -0.3 is 20.1 Å². The molecule has 0 aliphatic heterocycles. The SMILES string of the molecule is CCc1ccc(NC(=O)Nc2ccc(Oc3cncc4cc(F)c(OC)cc34)cc2)cc1C(F)(F)F. The van der Waals surface area contributed by atoms with E-state index in [1.54, 1.807) is 31.2 Å². The monoisotopic (exact) mass is 499 g/mol. The van der Waals surface area contributed by atoms with Crippen molar-refractivity contribution in [3.8, 4) is 17.2 Å². The van der Waals surface area contributed by atoms with E-state index in [1.165, 1.54) is 43.8 Å². The summed E-state index contributed by atoms with van der Waals surface area (Å²) in [4.78, 5) is 16.4. The summed E-state index contributed by atoms with van der Waals surface area (Å²) < 4.78 is 64.7. The van der Waals surface area contributed by atoms with Crippen LogP contribution >= 0.6 is 0 Å². The lowest BCUT2D eigenvalue weighted by Crippen LogP contribution is -2.20. The number of pyridine rings is 1. The van der Waals surface area contributed by atoms with Crippen molar-refractivity contribution in [1.82, 2.24) is 4.98 Å². The lowest BCUT2D eigenvalue weighted by atomic mass is 10.0. The smallest absolute Gasteiger partial charge is 0.416 e. The number of anilines is 2. The number of alkyl halides is 3. The third kappa shape index (κ3) is 5.48.